The van der Waals surface area contributed by atoms with E-state index in [-0.39, 0.29) is 12.3 Å². The number of H-pyrrole nitrogens is 2. The van der Waals surface area contributed by atoms with Gasteiger partial charge in [-0.05, 0) is 51.9 Å². The molecular weight excluding hydrogens is 759 g/mol. The Kier molecular flexibility index (Phi) is 9.78. The first-order chi connectivity index (χ1) is 28.4. The summed E-state index contributed by atoms with van der Waals surface area (Å²) in [7, 11) is 0. The van der Waals surface area contributed by atoms with E-state index in [9.17, 15) is 18.4 Å². The molecule has 59 heavy (non-hydrogen) atoms. The first-order valence-corrected chi connectivity index (χ1v) is 19.7. The lowest BCUT2D eigenvalue weighted by atomic mass is 9.99. The van der Waals surface area contributed by atoms with Gasteiger partial charge in [0.1, 0.15) is 17.7 Å². The molecule has 2 aliphatic heterocycles. The van der Waals surface area contributed by atoms with Gasteiger partial charge in [-0.25, -0.2) is 27.5 Å². The molecule has 2 fully saturated rings. The summed E-state index contributed by atoms with van der Waals surface area (Å²) < 4.78 is 59.5. The number of likely N-dealkylation sites (N-methyl/N-ethyl adjacent to an activating group) is 1. The van der Waals surface area contributed by atoms with E-state index in [1.165, 1.54) is 9.80 Å². The number of carbonyl (C=O) groups is 2. The third kappa shape index (κ3) is 7.58. The lowest BCUT2D eigenvalue weighted by molar-refractivity contribution is -0.136. The molecule has 0 aliphatic carbocycles. The normalized spacial score (nSPS) is 19.1. The van der Waals surface area contributed by atoms with Crippen LogP contribution in [0.25, 0.3) is 44.2 Å². The molecule has 0 unspecified atom stereocenters. The number of carbonyl (C=O) groups excluding carboxylic acids is 2. The largest absolute Gasteiger partial charge is 0.340 e. The highest BCUT2D eigenvalue weighted by Crippen LogP contribution is 2.43. The number of aromatic nitrogens is 4. The van der Waals surface area contributed by atoms with Gasteiger partial charge in [0.05, 0.1) is 54.5 Å². The maximum atomic E-state index is 15.1. The number of aromatic amines is 2. The van der Waals surface area contributed by atoms with Crippen LogP contribution in [0.2, 0.25) is 0 Å². The van der Waals surface area contributed by atoms with E-state index in [1.807, 2.05) is 110 Å². The summed E-state index contributed by atoms with van der Waals surface area (Å²) in [5.41, 5.74) is 6.09. The minimum absolute atomic E-state index is 0.0287. The molecule has 4 heterocycles. The average molecular weight is 800 g/mol. The molecule has 7 aromatic rings. The number of rotatable bonds is 10. The summed E-state index contributed by atoms with van der Waals surface area (Å²) in [4.78, 5) is 45.3. The number of likely N-dealkylation sites (tertiary alicyclic amines) is 2. The number of benzene rings is 5. The highest BCUT2D eigenvalue weighted by Gasteiger charge is 2.50. The van der Waals surface area contributed by atoms with Crippen LogP contribution >= 0.6 is 0 Å². The molecule has 0 bridgehead atoms. The van der Waals surface area contributed by atoms with Gasteiger partial charge in [0.2, 0.25) is 11.8 Å². The van der Waals surface area contributed by atoms with E-state index >= 15 is 8.78 Å². The van der Waals surface area contributed by atoms with Crippen LogP contribution in [0, 0.1) is 0 Å². The summed E-state index contributed by atoms with van der Waals surface area (Å²) >= 11 is 0. The zero-order valence-corrected chi connectivity index (χ0v) is 32.1. The predicted octanol–water partition coefficient (Wildman–Crippen LogP) is 9.18. The number of alkyl halides is 4. The van der Waals surface area contributed by atoms with Crippen molar-refractivity contribution < 1.29 is 27.2 Å². The first kappa shape index (κ1) is 38.2. The molecular formula is C46H41F4N7O2. The van der Waals surface area contributed by atoms with Gasteiger partial charge in [0, 0.05) is 18.2 Å². The molecule has 5 aromatic carbocycles. The Labute approximate surface area is 337 Å². The first-order valence-electron chi connectivity index (χ1n) is 19.7. The van der Waals surface area contributed by atoms with E-state index in [0.29, 0.717) is 40.5 Å². The molecule has 2 aliphatic rings. The highest BCUT2D eigenvalue weighted by atomic mass is 19.3. The molecule has 9 nitrogen and oxygen atoms in total. The molecule has 3 atom stereocenters. The van der Waals surface area contributed by atoms with Crippen molar-refractivity contribution in [2.75, 3.05) is 19.6 Å². The van der Waals surface area contributed by atoms with Crippen LogP contribution in [-0.4, -0.2) is 73.0 Å². The Balaban J connectivity index is 0.940. The van der Waals surface area contributed by atoms with Crippen molar-refractivity contribution in [1.29, 1.82) is 0 Å². The van der Waals surface area contributed by atoms with Gasteiger partial charge in [-0.15, -0.1) is 0 Å². The van der Waals surface area contributed by atoms with Gasteiger partial charge in [0.15, 0.2) is 0 Å². The predicted molar refractivity (Wildman–Crippen MR) is 218 cm³/mol. The number of nitrogens with one attached hydrogen (secondary N) is 3. The minimum atomic E-state index is -3.07. The number of amides is 2. The number of nitrogens with zero attached hydrogens (tertiary/aromatic N) is 4. The Morgan fingerprint density at radius 3 is 2.12 bits per heavy atom. The van der Waals surface area contributed by atoms with Gasteiger partial charge in [-0.3, -0.25) is 9.59 Å². The second-order valence-electron chi connectivity index (χ2n) is 15.5. The third-order valence-electron chi connectivity index (χ3n) is 11.4. The molecule has 9 rings (SSSR count). The van der Waals surface area contributed by atoms with E-state index in [0.717, 1.165) is 33.0 Å². The van der Waals surface area contributed by atoms with Crippen LogP contribution in [-0.2, 0) is 16.0 Å². The molecule has 0 radical (unpaired) electrons. The second-order valence-corrected chi connectivity index (χ2v) is 15.5. The number of halogens is 4. The topological polar surface area (TPSA) is 110 Å². The van der Waals surface area contributed by atoms with Crippen molar-refractivity contribution in [2.45, 2.75) is 56.2 Å². The molecule has 0 saturated carbocycles. The number of imidazole rings is 2. The average Bonchev–Trinajstić information content (AvgIpc) is 4.04. The third-order valence-corrected chi connectivity index (χ3v) is 11.4. The van der Waals surface area contributed by atoms with Crippen LogP contribution in [0.3, 0.4) is 0 Å². The molecule has 3 N–H and O–H groups in total. The van der Waals surface area contributed by atoms with Crippen molar-refractivity contribution in [3.05, 3.63) is 144 Å². The second kappa shape index (κ2) is 15.1. The quantitative estimate of drug-likeness (QED) is 0.120. The highest BCUT2D eigenvalue weighted by molar-refractivity contribution is 6.05. The monoisotopic (exact) mass is 799 g/mol. The van der Waals surface area contributed by atoms with Crippen molar-refractivity contribution >= 4 is 33.6 Å². The molecule has 2 amide bonds. The van der Waals surface area contributed by atoms with Crippen LogP contribution < -0.4 is 5.32 Å². The van der Waals surface area contributed by atoms with Crippen molar-refractivity contribution in [1.82, 2.24) is 35.1 Å². The van der Waals surface area contributed by atoms with E-state index in [4.69, 9.17) is 4.98 Å². The minimum Gasteiger partial charge on any atom is -0.340 e. The molecule has 0 spiro atoms. The van der Waals surface area contributed by atoms with Gasteiger partial charge in [0.25, 0.3) is 11.8 Å². The summed E-state index contributed by atoms with van der Waals surface area (Å²) in [5, 5.41) is 4.91. The van der Waals surface area contributed by atoms with Crippen molar-refractivity contribution in [2.24, 2.45) is 0 Å². The summed E-state index contributed by atoms with van der Waals surface area (Å²) in [6, 6.07) is 33.2. The fraction of sp³-hybridized carbons (Fsp3) is 0.261. The van der Waals surface area contributed by atoms with Gasteiger partial charge >= 0.3 is 0 Å². The maximum Gasteiger partial charge on any atom is 0.267 e. The zero-order chi connectivity index (χ0) is 40.9. The van der Waals surface area contributed by atoms with Crippen LogP contribution in [0.15, 0.2) is 121 Å². The maximum absolute atomic E-state index is 15.1. The van der Waals surface area contributed by atoms with Gasteiger partial charge in [-0.1, -0.05) is 110 Å². The lowest BCUT2D eigenvalue weighted by Crippen LogP contribution is -2.42. The molecule has 2 aromatic heterocycles. The number of hydrogen-bond donors (Lipinski definition) is 3. The Morgan fingerprint density at radius 2 is 1.41 bits per heavy atom. The van der Waals surface area contributed by atoms with Gasteiger partial charge < -0.3 is 25.1 Å². The van der Waals surface area contributed by atoms with Crippen LogP contribution in [0.4, 0.5) is 17.6 Å². The lowest BCUT2D eigenvalue weighted by Gasteiger charge is -2.28. The molecule has 300 valence electrons. The fourth-order valence-corrected chi connectivity index (χ4v) is 8.50. The smallest absolute Gasteiger partial charge is 0.267 e. The van der Waals surface area contributed by atoms with Crippen LogP contribution in [0.1, 0.15) is 60.7 Å². The Morgan fingerprint density at radius 1 is 0.763 bits per heavy atom. The van der Waals surface area contributed by atoms with Gasteiger partial charge in [-0.2, -0.15) is 0 Å². The Hall–Kier alpha value is -6.34. The fourth-order valence-electron chi connectivity index (χ4n) is 8.50. The number of hydrogen-bond acceptors (Lipinski definition) is 5. The summed E-state index contributed by atoms with van der Waals surface area (Å²) in [5.74, 6) is -6.27. The summed E-state index contributed by atoms with van der Waals surface area (Å²) in [6.45, 7) is 1.01. The standard InChI is InChI=1S/C46H41F4N7O2/c1-2-51-40(31-11-7-4-8-12-31)44(59)57-27-46(49,50)24-38(57)43-53-35-20-18-33-22-32(17-19-34(33)41(35)55-43)29-13-15-30(16-14-29)36-25-52-42(54-36)37-23-45(47,48)26-56(37)39(58)21-28-9-5-3-6-10-28/h3-20,22,25,37-38,40,51H,2,21,23-24,26-27H2,1H3,(H,52,54)(H,53,55)/t37-,38-,40+/m0/s1. The SMILES string of the molecule is CCN[C@@H](C(=O)N1CC(F)(F)C[C@H]1c1nc2c(ccc3cc(-c4ccc(-c5cnc([C@@H]6CC(F)(F)CN6C(=O)Cc6ccccc6)[nH]5)cc4)ccc32)[nH]1)c1ccccc1. The van der Waals surface area contributed by atoms with E-state index < -0.39 is 61.8 Å². The molecule has 2 saturated heterocycles. The van der Waals surface area contributed by atoms with E-state index in [1.54, 1.807) is 18.3 Å². The van der Waals surface area contributed by atoms with Crippen molar-refractivity contribution in [3.8, 4) is 22.4 Å². The molecule has 13 heteroatoms. The number of fused-ring (bicyclic) bond motifs is 3. The van der Waals surface area contributed by atoms with Crippen LogP contribution in [0.5, 0.6) is 0 Å². The zero-order valence-electron chi connectivity index (χ0n) is 32.1. The van der Waals surface area contributed by atoms with E-state index in [2.05, 4.69) is 20.3 Å². The van der Waals surface area contributed by atoms with Crippen molar-refractivity contribution in [3.63, 3.8) is 0 Å². The summed E-state index contributed by atoms with van der Waals surface area (Å²) in [6.07, 6.45) is 0.591. The Bertz CT molecular complexity index is 2650.